The fourth-order valence-electron chi connectivity index (χ4n) is 3.11. The zero-order valence-corrected chi connectivity index (χ0v) is 12.4. The van der Waals surface area contributed by atoms with Gasteiger partial charge in [-0.25, -0.2) is 4.79 Å². The molecule has 1 unspecified atom stereocenters. The Bertz CT molecular complexity index is 418. The van der Waals surface area contributed by atoms with E-state index < -0.39 is 5.97 Å². The Morgan fingerprint density at radius 2 is 1.71 bits per heavy atom. The molecule has 3 amide bonds. The van der Waals surface area contributed by atoms with E-state index in [1.54, 1.807) is 9.80 Å². The molecule has 7 nitrogen and oxygen atoms in total. The second-order valence-corrected chi connectivity index (χ2v) is 5.94. The number of urea groups is 1. The number of amides is 3. The first-order valence-electron chi connectivity index (χ1n) is 7.48. The van der Waals surface area contributed by atoms with Crippen LogP contribution in [0.15, 0.2) is 0 Å². The highest BCUT2D eigenvalue weighted by Crippen LogP contribution is 2.22. The van der Waals surface area contributed by atoms with Gasteiger partial charge in [-0.3, -0.25) is 9.59 Å². The lowest BCUT2D eigenvalue weighted by Crippen LogP contribution is -2.47. The Labute approximate surface area is 124 Å². The Morgan fingerprint density at radius 1 is 1.10 bits per heavy atom. The van der Waals surface area contributed by atoms with Gasteiger partial charge in [0.05, 0.1) is 0 Å². The van der Waals surface area contributed by atoms with Crippen LogP contribution in [0.4, 0.5) is 4.79 Å². The Balaban J connectivity index is 1.77. The minimum absolute atomic E-state index is 0.0108. The molecule has 2 rings (SSSR count). The van der Waals surface area contributed by atoms with Gasteiger partial charge in [-0.2, -0.15) is 0 Å². The van der Waals surface area contributed by atoms with Gasteiger partial charge in [-0.05, 0) is 25.2 Å². The monoisotopic (exact) mass is 297 g/mol. The summed E-state index contributed by atoms with van der Waals surface area (Å²) < 4.78 is 0. The van der Waals surface area contributed by atoms with Crippen molar-refractivity contribution in [2.75, 3.05) is 26.2 Å². The van der Waals surface area contributed by atoms with Crippen LogP contribution in [0.2, 0.25) is 0 Å². The summed E-state index contributed by atoms with van der Waals surface area (Å²) in [4.78, 5) is 37.7. The van der Waals surface area contributed by atoms with E-state index in [-0.39, 0.29) is 30.3 Å². The molecule has 21 heavy (non-hydrogen) atoms. The molecule has 2 fully saturated rings. The number of hydrogen-bond acceptors (Lipinski definition) is 3. The highest BCUT2D eigenvalue weighted by molar-refractivity contribution is 5.76. The molecule has 0 aromatic carbocycles. The first-order valence-corrected chi connectivity index (χ1v) is 7.48. The molecule has 0 bridgehead atoms. The standard InChI is InChI=1S/C14H23N3O4/c1-10(18)15-12-4-7-17(9-12)14(21)16-5-2-11(3-6-16)8-13(19)20/h11-12H,2-9H2,1H3,(H,15,18)(H,19,20). The maximum atomic E-state index is 12.4. The fourth-order valence-corrected chi connectivity index (χ4v) is 3.11. The number of aliphatic carboxylic acids is 1. The molecule has 0 saturated carbocycles. The van der Waals surface area contributed by atoms with E-state index in [1.807, 2.05) is 0 Å². The number of carboxylic acid groups (broad SMARTS) is 1. The van der Waals surface area contributed by atoms with Gasteiger partial charge < -0.3 is 20.2 Å². The van der Waals surface area contributed by atoms with Crippen LogP contribution in [0.25, 0.3) is 0 Å². The van der Waals surface area contributed by atoms with Crippen LogP contribution in [-0.2, 0) is 9.59 Å². The van der Waals surface area contributed by atoms with E-state index in [0.29, 0.717) is 26.2 Å². The van der Waals surface area contributed by atoms with Gasteiger partial charge in [0.1, 0.15) is 0 Å². The van der Waals surface area contributed by atoms with Gasteiger partial charge in [0.15, 0.2) is 0 Å². The van der Waals surface area contributed by atoms with Gasteiger partial charge in [-0.15, -0.1) is 0 Å². The molecule has 118 valence electrons. The zero-order chi connectivity index (χ0) is 15.4. The predicted octanol–water partition coefficient (Wildman–Crippen LogP) is 0.504. The molecular weight excluding hydrogens is 274 g/mol. The molecule has 2 N–H and O–H groups in total. The Hall–Kier alpha value is -1.79. The predicted molar refractivity (Wildman–Crippen MR) is 75.7 cm³/mol. The first-order chi connectivity index (χ1) is 9.95. The molecule has 0 aromatic rings. The van der Waals surface area contributed by atoms with Crippen LogP contribution in [0.3, 0.4) is 0 Å². The summed E-state index contributed by atoms with van der Waals surface area (Å²) in [6.07, 6.45) is 2.49. The Morgan fingerprint density at radius 3 is 2.29 bits per heavy atom. The van der Waals surface area contributed by atoms with Crippen molar-refractivity contribution in [1.82, 2.24) is 15.1 Å². The van der Waals surface area contributed by atoms with Gasteiger partial charge >= 0.3 is 12.0 Å². The number of likely N-dealkylation sites (tertiary alicyclic amines) is 2. The van der Waals surface area contributed by atoms with E-state index in [0.717, 1.165) is 19.3 Å². The molecule has 0 spiro atoms. The molecule has 2 aliphatic heterocycles. The summed E-state index contributed by atoms with van der Waals surface area (Å²) in [7, 11) is 0. The fraction of sp³-hybridized carbons (Fsp3) is 0.786. The number of piperidine rings is 1. The second-order valence-electron chi connectivity index (χ2n) is 5.94. The maximum Gasteiger partial charge on any atom is 0.320 e. The van der Waals surface area contributed by atoms with Crippen molar-refractivity contribution in [2.24, 2.45) is 5.92 Å². The van der Waals surface area contributed by atoms with Crippen molar-refractivity contribution >= 4 is 17.9 Å². The molecule has 2 saturated heterocycles. The summed E-state index contributed by atoms with van der Waals surface area (Å²) in [5.74, 6) is -0.654. The quantitative estimate of drug-likeness (QED) is 0.794. The average Bonchev–Trinajstić information content (AvgIpc) is 2.85. The first kappa shape index (κ1) is 15.6. The normalized spacial score (nSPS) is 23.2. The lowest BCUT2D eigenvalue weighted by atomic mass is 9.94. The van der Waals surface area contributed by atoms with Crippen LogP contribution < -0.4 is 5.32 Å². The van der Waals surface area contributed by atoms with Crippen molar-refractivity contribution in [3.8, 4) is 0 Å². The summed E-state index contributed by atoms with van der Waals surface area (Å²) >= 11 is 0. The van der Waals surface area contributed by atoms with E-state index >= 15 is 0 Å². The van der Waals surface area contributed by atoms with E-state index in [4.69, 9.17) is 5.11 Å². The molecule has 2 aliphatic rings. The lowest BCUT2D eigenvalue weighted by molar-refractivity contribution is -0.138. The summed E-state index contributed by atoms with van der Waals surface area (Å²) in [6.45, 7) is 3.96. The highest BCUT2D eigenvalue weighted by atomic mass is 16.4. The van der Waals surface area contributed by atoms with Crippen molar-refractivity contribution in [3.63, 3.8) is 0 Å². The minimum Gasteiger partial charge on any atom is -0.481 e. The van der Waals surface area contributed by atoms with Crippen LogP contribution >= 0.6 is 0 Å². The lowest BCUT2D eigenvalue weighted by Gasteiger charge is -2.34. The van der Waals surface area contributed by atoms with Crippen LogP contribution in [-0.4, -0.2) is 65.0 Å². The van der Waals surface area contributed by atoms with Gasteiger partial charge in [0.2, 0.25) is 5.91 Å². The SMILES string of the molecule is CC(=O)NC1CCN(C(=O)N2CCC(CC(=O)O)CC2)C1. The third kappa shape index (κ3) is 4.34. The van der Waals surface area contributed by atoms with Gasteiger partial charge in [-0.1, -0.05) is 0 Å². The summed E-state index contributed by atoms with van der Waals surface area (Å²) in [6, 6.07) is 0.0626. The van der Waals surface area contributed by atoms with Crippen molar-refractivity contribution in [2.45, 2.75) is 38.6 Å². The molecule has 2 heterocycles. The minimum atomic E-state index is -0.766. The topological polar surface area (TPSA) is 90.0 Å². The highest BCUT2D eigenvalue weighted by Gasteiger charge is 2.31. The number of carbonyl (C=O) groups is 3. The molecule has 1 atom stereocenters. The Kier molecular flexibility index (Phi) is 5.03. The molecular formula is C14H23N3O4. The van der Waals surface area contributed by atoms with E-state index in [9.17, 15) is 14.4 Å². The third-order valence-electron chi connectivity index (χ3n) is 4.21. The van der Waals surface area contributed by atoms with E-state index in [1.165, 1.54) is 6.92 Å². The van der Waals surface area contributed by atoms with Crippen LogP contribution in [0, 0.1) is 5.92 Å². The summed E-state index contributed by atoms with van der Waals surface area (Å²) in [5.41, 5.74) is 0. The van der Waals surface area contributed by atoms with Gasteiger partial charge in [0, 0.05) is 45.6 Å². The average molecular weight is 297 g/mol. The van der Waals surface area contributed by atoms with Crippen molar-refractivity contribution in [1.29, 1.82) is 0 Å². The number of carboxylic acids is 1. The van der Waals surface area contributed by atoms with Crippen LogP contribution in [0.5, 0.6) is 0 Å². The number of nitrogens with one attached hydrogen (secondary N) is 1. The number of rotatable bonds is 3. The third-order valence-corrected chi connectivity index (χ3v) is 4.21. The van der Waals surface area contributed by atoms with E-state index in [2.05, 4.69) is 5.32 Å². The summed E-state index contributed by atoms with van der Waals surface area (Å²) in [5, 5.41) is 11.6. The zero-order valence-electron chi connectivity index (χ0n) is 12.4. The molecule has 0 aliphatic carbocycles. The van der Waals surface area contributed by atoms with Crippen molar-refractivity contribution < 1.29 is 19.5 Å². The number of carbonyl (C=O) groups excluding carboxylic acids is 2. The smallest absolute Gasteiger partial charge is 0.320 e. The van der Waals surface area contributed by atoms with Crippen LogP contribution in [0.1, 0.15) is 32.6 Å². The molecule has 7 heteroatoms. The molecule has 0 radical (unpaired) electrons. The second kappa shape index (κ2) is 6.78. The number of hydrogen-bond donors (Lipinski definition) is 2. The largest absolute Gasteiger partial charge is 0.481 e. The molecule has 0 aromatic heterocycles. The maximum absolute atomic E-state index is 12.4. The van der Waals surface area contributed by atoms with Gasteiger partial charge in [0.25, 0.3) is 0 Å². The van der Waals surface area contributed by atoms with Crippen molar-refractivity contribution in [3.05, 3.63) is 0 Å². The number of nitrogens with zero attached hydrogens (tertiary/aromatic N) is 2.